The number of rotatable bonds is 9. The van der Waals surface area contributed by atoms with Gasteiger partial charge in [0.15, 0.2) is 0 Å². The van der Waals surface area contributed by atoms with E-state index in [9.17, 15) is 0 Å². The Hall–Kier alpha value is -1.30. The maximum absolute atomic E-state index is 5.18. The summed E-state index contributed by atoms with van der Waals surface area (Å²) in [4.78, 5) is 0. The molecule has 0 N–H and O–H groups in total. The normalized spacial score (nSPS) is 12.6. The van der Waals surface area contributed by atoms with Gasteiger partial charge >= 0.3 is 0 Å². The number of hydrogen-bond donors (Lipinski definition) is 0. The average Bonchev–Trinajstić information content (AvgIpc) is 2.31. The highest BCUT2D eigenvalue weighted by atomic mass is 13.9. The molecule has 16 heavy (non-hydrogen) atoms. The molecule has 0 rings (SSSR count). The van der Waals surface area contributed by atoms with Gasteiger partial charge in [-0.05, 0) is 12.8 Å². The molecule has 0 atom stereocenters. The summed E-state index contributed by atoms with van der Waals surface area (Å²) in [5.41, 5.74) is 0. The Kier molecular flexibility index (Phi) is 12.6. The molecule has 87 valence electrons. The molecule has 1 radical (unpaired) electrons. The highest BCUT2D eigenvalue weighted by Crippen LogP contribution is 2.02. The lowest BCUT2D eigenvalue weighted by molar-refractivity contribution is 0.674. The zero-order valence-corrected chi connectivity index (χ0v) is 10.3. The van der Waals surface area contributed by atoms with E-state index < -0.39 is 0 Å². The summed E-state index contributed by atoms with van der Waals surface area (Å²) in [6, 6.07) is 0. The second-order valence-electron chi connectivity index (χ2n) is 3.62. The van der Waals surface area contributed by atoms with Gasteiger partial charge in [0.1, 0.15) is 0 Å². The first-order valence-electron chi connectivity index (χ1n) is 6.12. The molecule has 0 spiro atoms. The van der Waals surface area contributed by atoms with Gasteiger partial charge in [-0.3, -0.25) is 0 Å². The van der Waals surface area contributed by atoms with E-state index in [1.807, 2.05) is 24.3 Å². The number of allylic oxidation sites excluding steroid dienone is 9. The maximum atomic E-state index is 5.18. The van der Waals surface area contributed by atoms with Crippen molar-refractivity contribution in [3.63, 3.8) is 0 Å². The van der Waals surface area contributed by atoms with Crippen molar-refractivity contribution in [2.45, 2.75) is 39.0 Å². The van der Waals surface area contributed by atoms with Gasteiger partial charge < -0.3 is 0 Å². The van der Waals surface area contributed by atoms with Crippen LogP contribution in [0, 0.1) is 6.58 Å². The van der Waals surface area contributed by atoms with Crippen molar-refractivity contribution in [2.75, 3.05) is 0 Å². The van der Waals surface area contributed by atoms with E-state index in [1.165, 1.54) is 38.2 Å². The fourth-order valence-corrected chi connectivity index (χ4v) is 1.25. The van der Waals surface area contributed by atoms with Crippen molar-refractivity contribution in [1.29, 1.82) is 0 Å². The summed E-state index contributed by atoms with van der Waals surface area (Å²) in [5.74, 6) is 0. The summed E-state index contributed by atoms with van der Waals surface area (Å²) >= 11 is 0. The Balaban J connectivity index is 3.44. The molecule has 0 aromatic carbocycles. The predicted molar refractivity (Wildman–Crippen MR) is 74.2 cm³/mol. The zero-order valence-electron chi connectivity index (χ0n) is 10.3. The van der Waals surface area contributed by atoms with Crippen molar-refractivity contribution in [3.8, 4) is 0 Å². The third-order valence-electron chi connectivity index (χ3n) is 2.14. The quantitative estimate of drug-likeness (QED) is 0.367. The van der Waals surface area contributed by atoms with E-state index in [4.69, 9.17) is 6.58 Å². The smallest absolute Gasteiger partial charge is 0.0348 e. The molecule has 0 heteroatoms. The fourth-order valence-electron chi connectivity index (χ4n) is 1.25. The molecule has 0 aliphatic rings. The minimum atomic E-state index is 1.19. The standard InChI is InChI=1S/C16H23/c1-3-5-7-9-11-13-15-16-14-12-10-8-6-4-2/h1,3,5,7,9,11,13-16H,4,6,8,10,12H2,2H3. The molecule has 0 fully saturated rings. The van der Waals surface area contributed by atoms with E-state index in [0.29, 0.717) is 0 Å². The molecule has 0 aromatic heterocycles. The number of hydrogen-bond acceptors (Lipinski definition) is 0. The van der Waals surface area contributed by atoms with E-state index >= 15 is 0 Å². The molecule has 0 unspecified atom stereocenters. The average molecular weight is 215 g/mol. The van der Waals surface area contributed by atoms with Crippen LogP contribution >= 0.6 is 0 Å². The van der Waals surface area contributed by atoms with E-state index in [-0.39, 0.29) is 0 Å². The van der Waals surface area contributed by atoms with Crippen LogP contribution in [0.5, 0.6) is 0 Å². The van der Waals surface area contributed by atoms with Crippen LogP contribution in [0.15, 0.2) is 54.7 Å². The molecular formula is C16H23. The summed E-state index contributed by atoms with van der Waals surface area (Å²) in [7, 11) is 0. The van der Waals surface area contributed by atoms with E-state index in [2.05, 4.69) is 25.2 Å². The van der Waals surface area contributed by atoms with Crippen molar-refractivity contribution >= 4 is 0 Å². The Morgan fingerprint density at radius 2 is 1.38 bits per heavy atom. The van der Waals surface area contributed by atoms with Crippen LogP contribution in [-0.4, -0.2) is 0 Å². The molecule has 0 aliphatic carbocycles. The topological polar surface area (TPSA) is 0 Å². The Morgan fingerprint density at radius 1 is 0.750 bits per heavy atom. The lowest BCUT2D eigenvalue weighted by Gasteiger charge is -1.92. The SMILES string of the molecule is [CH]=CC=CC=CC=CC=CCCCCCC. The molecule has 0 saturated carbocycles. The van der Waals surface area contributed by atoms with Crippen LogP contribution in [0.2, 0.25) is 0 Å². The Bertz CT molecular complexity index is 251. The molecule has 0 saturated heterocycles. The molecule has 0 bridgehead atoms. The van der Waals surface area contributed by atoms with Gasteiger partial charge in [-0.25, -0.2) is 0 Å². The van der Waals surface area contributed by atoms with E-state index in [0.717, 1.165) is 0 Å². The van der Waals surface area contributed by atoms with Crippen molar-refractivity contribution in [1.82, 2.24) is 0 Å². The third kappa shape index (κ3) is 12.7. The van der Waals surface area contributed by atoms with Crippen molar-refractivity contribution in [2.24, 2.45) is 0 Å². The van der Waals surface area contributed by atoms with E-state index in [1.54, 1.807) is 6.08 Å². The second kappa shape index (κ2) is 13.7. The monoisotopic (exact) mass is 215 g/mol. The van der Waals surface area contributed by atoms with Gasteiger partial charge in [0.2, 0.25) is 0 Å². The van der Waals surface area contributed by atoms with Crippen LogP contribution in [0.4, 0.5) is 0 Å². The minimum absolute atomic E-state index is 1.19. The third-order valence-corrected chi connectivity index (χ3v) is 2.14. The fraction of sp³-hybridized carbons (Fsp3) is 0.375. The zero-order chi connectivity index (χ0) is 11.9. The Labute approximate surface area is 101 Å². The van der Waals surface area contributed by atoms with Crippen LogP contribution in [0.3, 0.4) is 0 Å². The Morgan fingerprint density at radius 3 is 2.00 bits per heavy atom. The maximum Gasteiger partial charge on any atom is -0.0348 e. The van der Waals surface area contributed by atoms with Crippen molar-refractivity contribution < 1.29 is 0 Å². The molecule has 0 heterocycles. The van der Waals surface area contributed by atoms with Gasteiger partial charge in [-0.1, -0.05) is 87.4 Å². The first-order valence-corrected chi connectivity index (χ1v) is 6.12. The van der Waals surface area contributed by atoms with Crippen LogP contribution in [0.25, 0.3) is 0 Å². The highest BCUT2D eigenvalue weighted by Gasteiger charge is 1.82. The van der Waals surface area contributed by atoms with Gasteiger partial charge in [-0.15, -0.1) is 0 Å². The molecule has 0 aromatic rings. The second-order valence-corrected chi connectivity index (χ2v) is 3.62. The van der Waals surface area contributed by atoms with Gasteiger partial charge in [0.25, 0.3) is 0 Å². The number of unbranched alkanes of at least 4 members (excludes halogenated alkanes) is 4. The van der Waals surface area contributed by atoms with Crippen LogP contribution < -0.4 is 0 Å². The summed E-state index contributed by atoms with van der Waals surface area (Å²) in [6.07, 6.45) is 24.1. The first-order chi connectivity index (χ1) is 7.91. The van der Waals surface area contributed by atoms with Gasteiger partial charge in [-0.2, -0.15) is 0 Å². The lowest BCUT2D eigenvalue weighted by Crippen LogP contribution is -1.72. The molecule has 0 nitrogen and oxygen atoms in total. The summed E-state index contributed by atoms with van der Waals surface area (Å²) < 4.78 is 0. The predicted octanol–water partition coefficient (Wildman–Crippen LogP) is 5.17. The van der Waals surface area contributed by atoms with Crippen LogP contribution in [-0.2, 0) is 0 Å². The van der Waals surface area contributed by atoms with Gasteiger partial charge in [0.05, 0.1) is 0 Å². The molecule has 0 aliphatic heterocycles. The first kappa shape index (κ1) is 14.7. The largest absolute Gasteiger partial charge is 0.0845 e. The van der Waals surface area contributed by atoms with Crippen molar-refractivity contribution in [3.05, 3.63) is 61.3 Å². The lowest BCUT2D eigenvalue weighted by atomic mass is 10.1. The van der Waals surface area contributed by atoms with Gasteiger partial charge in [0, 0.05) is 0 Å². The van der Waals surface area contributed by atoms with Crippen LogP contribution in [0.1, 0.15) is 39.0 Å². The summed E-state index contributed by atoms with van der Waals surface area (Å²) in [6.45, 7) is 7.42. The molecule has 0 amide bonds. The minimum Gasteiger partial charge on any atom is -0.0845 e. The summed E-state index contributed by atoms with van der Waals surface area (Å²) in [5, 5.41) is 0. The molecular weight excluding hydrogens is 192 g/mol. The highest BCUT2D eigenvalue weighted by molar-refractivity contribution is 5.16.